The average Bonchev–Trinajstić information content (AvgIpc) is 3.06. The summed E-state index contributed by atoms with van der Waals surface area (Å²) < 4.78 is 5.65. The molecule has 2 rings (SSSR count). The van der Waals surface area contributed by atoms with Crippen LogP contribution in [0.4, 0.5) is 0 Å². The summed E-state index contributed by atoms with van der Waals surface area (Å²) in [5.41, 5.74) is 0.875. The monoisotopic (exact) mass is 440 g/mol. The second kappa shape index (κ2) is 9.26. The third-order valence-corrected chi connectivity index (χ3v) is 4.04. The highest BCUT2D eigenvalue weighted by atomic mass is 127. The standard InChI is InChI=1S/C13H17ClN4OS.HI/c1-15-13(18(2)9-10-6-8-19-17-10)16-7-5-11-3-4-12(14)20-11;/h3-4,6,8H,5,7,9H2,1-2H3,(H,15,16);1H. The van der Waals surface area contributed by atoms with Gasteiger partial charge in [0.15, 0.2) is 5.96 Å². The summed E-state index contributed by atoms with van der Waals surface area (Å²) in [5.74, 6) is 0.829. The van der Waals surface area contributed by atoms with Crippen LogP contribution in [0.3, 0.4) is 0 Å². The van der Waals surface area contributed by atoms with E-state index in [0.717, 1.165) is 29.0 Å². The first-order chi connectivity index (χ1) is 9.69. The Morgan fingerprint density at radius 3 is 2.86 bits per heavy atom. The summed E-state index contributed by atoms with van der Waals surface area (Å²) in [6.07, 6.45) is 2.49. The highest BCUT2D eigenvalue weighted by Crippen LogP contribution is 2.21. The molecule has 0 aliphatic rings. The van der Waals surface area contributed by atoms with Crippen molar-refractivity contribution in [1.29, 1.82) is 0 Å². The first-order valence-corrected chi connectivity index (χ1v) is 7.43. The Balaban J connectivity index is 0.00000220. The molecule has 0 spiro atoms. The van der Waals surface area contributed by atoms with Gasteiger partial charge in [0.05, 0.1) is 10.9 Å². The van der Waals surface area contributed by atoms with Crippen LogP contribution in [0.2, 0.25) is 4.34 Å². The van der Waals surface area contributed by atoms with E-state index >= 15 is 0 Å². The van der Waals surface area contributed by atoms with Gasteiger partial charge in [-0.25, -0.2) is 0 Å². The molecule has 0 saturated heterocycles. The molecule has 116 valence electrons. The molecule has 0 saturated carbocycles. The van der Waals surface area contributed by atoms with E-state index in [-0.39, 0.29) is 24.0 Å². The number of aliphatic imine (C=N–C) groups is 1. The van der Waals surface area contributed by atoms with E-state index < -0.39 is 0 Å². The van der Waals surface area contributed by atoms with Crippen molar-refractivity contribution >= 4 is 52.9 Å². The van der Waals surface area contributed by atoms with Gasteiger partial charge >= 0.3 is 0 Å². The molecule has 0 aromatic carbocycles. The zero-order valence-corrected chi connectivity index (χ0v) is 15.8. The number of nitrogens with zero attached hydrogens (tertiary/aromatic N) is 3. The molecule has 2 aromatic rings. The Morgan fingerprint density at radius 2 is 2.29 bits per heavy atom. The van der Waals surface area contributed by atoms with Crippen molar-refractivity contribution in [1.82, 2.24) is 15.4 Å². The molecule has 21 heavy (non-hydrogen) atoms. The van der Waals surface area contributed by atoms with E-state index in [2.05, 4.69) is 21.5 Å². The largest absolute Gasteiger partial charge is 0.364 e. The molecule has 0 aliphatic carbocycles. The predicted molar refractivity (Wildman–Crippen MR) is 97.8 cm³/mol. The van der Waals surface area contributed by atoms with Gasteiger partial charge in [0.1, 0.15) is 12.0 Å². The average molecular weight is 441 g/mol. The highest BCUT2D eigenvalue weighted by Gasteiger charge is 2.08. The number of thiophene rings is 1. The number of guanidine groups is 1. The summed E-state index contributed by atoms with van der Waals surface area (Å²) in [6.45, 7) is 1.47. The summed E-state index contributed by atoms with van der Waals surface area (Å²) in [6, 6.07) is 5.82. The van der Waals surface area contributed by atoms with Gasteiger partial charge in [0.25, 0.3) is 0 Å². The third-order valence-electron chi connectivity index (χ3n) is 2.75. The number of nitrogens with one attached hydrogen (secondary N) is 1. The van der Waals surface area contributed by atoms with Crippen molar-refractivity contribution < 1.29 is 4.52 Å². The van der Waals surface area contributed by atoms with Crippen LogP contribution in [0, 0.1) is 0 Å². The van der Waals surface area contributed by atoms with Gasteiger partial charge in [-0.3, -0.25) is 4.99 Å². The van der Waals surface area contributed by atoms with Crippen LogP contribution >= 0.6 is 46.9 Å². The maximum Gasteiger partial charge on any atom is 0.193 e. The number of rotatable bonds is 5. The molecule has 2 heterocycles. The van der Waals surface area contributed by atoms with Crippen LogP contribution in [0.1, 0.15) is 10.6 Å². The van der Waals surface area contributed by atoms with Gasteiger partial charge < -0.3 is 14.7 Å². The first kappa shape index (κ1) is 18.2. The lowest BCUT2D eigenvalue weighted by molar-refractivity contribution is 0.391. The molecule has 2 aromatic heterocycles. The van der Waals surface area contributed by atoms with Crippen molar-refractivity contribution in [3.8, 4) is 0 Å². The molecule has 8 heteroatoms. The fourth-order valence-electron chi connectivity index (χ4n) is 1.81. The normalized spacial score (nSPS) is 11.1. The van der Waals surface area contributed by atoms with Crippen molar-refractivity contribution in [3.05, 3.63) is 39.4 Å². The molecule has 1 N–H and O–H groups in total. The lowest BCUT2D eigenvalue weighted by Gasteiger charge is -2.20. The Hall–Kier alpha value is -0.800. The van der Waals surface area contributed by atoms with E-state index in [1.54, 1.807) is 24.6 Å². The van der Waals surface area contributed by atoms with E-state index in [0.29, 0.717) is 6.54 Å². The zero-order chi connectivity index (χ0) is 14.4. The second-order valence-electron chi connectivity index (χ2n) is 4.28. The zero-order valence-electron chi connectivity index (χ0n) is 11.9. The number of aromatic nitrogens is 1. The summed E-state index contributed by atoms with van der Waals surface area (Å²) in [5, 5.41) is 7.21. The topological polar surface area (TPSA) is 53.7 Å². The predicted octanol–water partition coefficient (Wildman–Crippen LogP) is 3.26. The maximum absolute atomic E-state index is 5.91. The van der Waals surface area contributed by atoms with Gasteiger partial charge in [-0.1, -0.05) is 16.8 Å². The summed E-state index contributed by atoms with van der Waals surface area (Å²) in [4.78, 5) is 7.52. The van der Waals surface area contributed by atoms with Gasteiger partial charge in [-0.15, -0.1) is 35.3 Å². The third kappa shape index (κ3) is 5.84. The van der Waals surface area contributed by atoms with Crippen molar-refractivity contribution in [2.24, 2.45) is 4.99 Å². The van der Waals surface area contributed by atoms with Crippen molar-refractivity contribution in [2.75, 3.05) is 20.6 Å². The molecule has 5 nitrogen and oxygen atoms in total. The molecule has 0 amide bonds. The minimum absolute atomic E-state index is 0. The van der Waals surface area contributed by atoms with Crippen molar-refractivity contribution in [3.63, 3.8) is 0 Å². The molecular formula is C13H18ClIN4OS. The van der Waals surface area contributed by atoms with Crippen LogP contribution in [-0.4, -0.2) is 36.7 Å². The fraction of sp³-hybridized carbons (Fsp3) is 0.385. The van der Waals surface area contributed by atoms with Gasteiger partial charge in [-0.2, -0.15) is 0 Å². The van der Waals surface area contributed by atoms with E-state index in [4.69, 9.17) is 16.1 Å². The minimum atomic E-state index is 0. The Bertz CT molecular complexity index is 558. The minimum Gasteiger partial charge on any atom is -0.364 e. The van der Waals surface area contributed by atoms with Gasteiger partial charge in [-0.05, 0) is 18.6 Å². The molecular weight excluding hydrogens is 423 g/mol. The number of hydrogen-bond donors (Lipinski definition) is 1. The number of halogens is 2. The lowest BCUT2D eigenvalue weighted by Crippen LogP contribution is -2.39. The van der Waals surface area contributed by atoms with Gasteiger partial charge in [0, 0.05) is 31.6 Å². The fourth-order valence-corrected chi connectivity index (χ4v) is 2.89. The summed E-state index contributed by atoms with van der Waals surface area (Å²) >= 11 is 7.52. The molecule has 0 aliphatic heterocycles. The molecule has 0 bridgehead atoms. The Morgan fingerprint density at radius 1 is 1.48 bits per heavy atom. The van der Waals surface area contributed by atoms with E-state index in [9.17, 15) is 0 Å². The lowest BCUT2D eigenvalue weighted by atomic mass is 10.3. The van der Waals surface area contributed by atoms with E-state index in [1.165, 1.54) is 4.88 Å². The molecule has 0 radical (unpaired) electrons. The SMILES string of the molecule is CN=C(NCCc1ccc(Cl)s1)N(C)Cc1ccon1.I. The van der Waals surface area contributed by atoms with Gasteiger partial charge in [0.2, 0.25) is 0 Å². The molecule has 0 atom stereocenters. The second-order valence-corrected chi connectivity index (χ2v) is 6.08. The summed E-state index contributed by atoms with van der Waals surface area (Å²) in [7, 11) is 3.73. The van der Waals surface area contributed by atoms with Crippen LogP contribution < -0.4 is 5.32 Å². The highest BCUT2D eigenvalue weighted by molar-refractivity contribution is 14.0. The van der Waals surface area contributed by atoms with Crippen LogP contribution in [0.5, 0.6) is 0 Å². The molecule has 0 fully saturated rings. The maximum atomic E-state index is 5.91. The molecule has 0 unspecified atom stereocenters. The van der Waals surface area contributed by atoms with Crippen LogP contribution in [0.25, 0.3) is 0 Å². The first-order valence-electron chi connectivity index (χ1n) is 6.24. The number of hydrogen-bond acceptors (Lipinski definition) is 4. The smallest absolute Gasteiger partial charge is 0.193 e. The van der Waals surface area contributed by atoms with Crippen LogP contribution in [-0.2, 0) is 13.0 Å². The van der Waals surface area contributed by atoms with E-state index in [1.807, 2.05) is 24.1 Å². The van der Waals surface area contributed by atoms with Crippen molar-refractivity contribution in [2.45, 2.75) is 13.0 Å². The quantitative estimate of drug-likeness (QED) is 0.440. The van der Waals surface area contributed by atoms with Crippen LogP contribution in [0.15, 0.2) is 34.0 Å². The Labute approximate surface area is 150 Å². The Kier molecular flexibility index (Phi) is 8.05.